The average Bonchev–Trinajstić information content (AvgIpc) is 3.28. The molecule has 0 aromatic carbocycles. The molecule has 8 nitrogen and oxygen atoms in total. The van der Waals surface area contributed by atoms with Crippen molar-refractivity contribution in [2.45, 2.75) is 129 Å². The van der Waals surface area contributed by atoms with Gasteiger partial charge in [-0.15, -0.1) is 0 Å². The Kier molecular flexibility index (Phi) is 24.7. The minimum Gasteiger partial charge on any atom is -0.483 e. The van der Waals surface area contributed by atoms with Crippen LogP contribution in [0, 0.1) is 0 Å². The highest BCUT2D eigenvalue weighted by Crippen LogP contribution is 2.17. The van der Waals surface area contributed by atoms with Crippen molar-refractivity contribution in [1.29, 1.82) is 0 Å². The van der Waals surface area contributed by atoms with Crippen LogP contribution in [0.1, 0.15) is 105 Å². The Morgan fingerprint density at radius 2 is 1.24 bits per heavy atom. The van der Waals surface area contributed by atoms with E-state index in [1.54, 1.807) is 7.11 Å². The van der Waals surface area contributed by atoms with Gasteiger partial charge in [0.2, 0.25) is 0 Å². The van der Waals surface area contributed by atoms with Gasteiger partial charge in [-0.05, 0) is 52.2 Å². The zero-order valence-electron chi connectivity index (χ0n) is 28.4. The average molecular weight is 601 g/mol. The fourth-order valence-corrected chi connectivity index (χ4v) is 5.49. The Hall–Kier alpha value is -0.900. The molecule has 0 amide bonds. The summed E-state index contributed by atoms with van der Waals surface area (Å²) in [4.78, 5) is 4.48. The minimum atomic E-state index is 0.352. The van der Waals surface area contributed by atoms with Crippen molar-refractivity contribution in [1.82, 2.24) is 9.80 Å². The number of ether oxygens (including phenoxy) is 6. The summed E-state index contributed by atoms with van der Waals surface area (Å²) in [6, 6.07) is 0. The van der Waals surface area contributed by atoms with Crippen LogP contribution >= 0.6 is 0 Å². The van der Waals surface area contributed by atoms with Crippen LogP contribution in [-0.2, 0) is 28.4 Å². The molecule has 4 aliphatic heterocycles. The lowest BCUT2D eigenvalue weighted by atomic mass is 10.1. The zero-order valence-corrected chi connectivity index (χ0v) is 28.4. The third kappa shape index (κ3) is 19.4. The standard InChI is InChI=1S/C10H19NO2.C9H18O.C8H17NO.C7H14O2/c1-4-5-10-8-11(6-7-13-10)9(2)12-3;1-2-6-9-7-4-3-5-8-10-9;1-3-4-8-7-9(2)5-6-10-8;1-2-3-7-6-8-4-5-9-7/h10H,2,4-8H2,1,3H3;9H,2-8H2,1H3;8H,3-7H2,1-2H3;7H,2-6H2,1H3. The predicted octanol–water partition coefficient (Wildman–Crippen LogP) is 6.67. The van der Waals surface area contributed by atoms with Crippen LogP contribution in [0.3, 0.4) is 0 Å². The van der Waals surface area contributed by atoms with Crippen molar-refractivity contribution in [3.63, 3.8) is 0 Å². The molecule has 4 atom stereocenters. The van der Waals surface area contributed by atoms with Crippen molar-refractivity contribution in [3.05, 3.63) is 12.5 Å². The first-order chi connectivity index (χ1) is 20.5. The van der Waals surface area contributed by atoms with Gasteiger partial charge in [-0.25, -0.2) is 0 Å². The molecule has 0 N–H and O–H groups in total. The lowest BCUT2D eigenvalue weighted by Gasteiger charge is -2.34. The monoisotopic (exact) mass is 601 g/mol. The molecule has 8 heteroatoms. The highest BCUT2D eigenvalue weighted by Gasteiger charge is 2.20. The van der Waals surface area contributed by atoms with Gasteiger partial charge in [0.05, 0.1) is 64.6 Å². The lowest BCUT2D eigenvalue weighted by Crippen LogP contribution is -2.41. The van der Waals surface area contributed by atoms with Gasteiger partial charge in [0.25, 0.3) is 0 Å². The lowest BCUT2D eigenvalue weighted by molar-refractivity contribution is -0.0906. The normalized spacial score (nSPS) is 26.7. The molecule has 0 aliphatic carbocycles. The van der Waals surface area contributed by atoms with Gasteiger partial charge in [-0.3, -0.25) is 0 Å². The van der Waals surface area contributed by atoms with Gasteiger partial charge in [0.15, 0.2) is 5.88 Å². The molecule has 0 spiro atoms. The van der Waals surface area contributed by atoms with Crippen LogP contribution in [0.15, 0.2) is 12.5 Å². The Morgan fingerprint density at radius 3 is 1.83 bits per heavy atom. The largest absolute Gasteiger partial charge is 0.483 e. The van der Waals surface area contributed by atoms with E-state index in [1.165, 1.54) is 57.8 Å². The number of rotatable bonds is 10. The number of morpholine rings is 2. The van der Waals surface area contributed by atoms with Gasteiger partial charge >= 0.3 is 0 Å². The fourth-order valence-electron chi connectivity index (χ4n) is 5.49. The Bertz CT molecular complexity index is 600. The van der Waals surface area contributed by atoms with Gasteiger partial charge in [-0.2, -0.15) is 0 Å². The maximum atomic E-state index is 5.64. The molecule has 4 aliphatic rings. The first-order valence-electron chi connectivity index (χ1n) is 17.2. The van der Waals surface area contributed by atoms with Crippen molar-refractivity contribution in [2.24, 2.45) is 0 Å². The summed E-state index contributed by atoms with van der Waals surface area (Å²) in [5.41, 5.74) is 0. The van der Waals surface area contributed by atoms with E-state index in [1.807, 2.05) is 0 Å². The van der Waals surface area contributed by atoms with E-state index in [0.717, 1.165) is 91.0 Å². The molecule has 4 rings (SSSR count). The zero-order chi connectivity index (χ0) is 30.8. The third-order valence-electron chi connectivity index (χ3n) is 7.92. The Morgan fingerprint density at radius 1 is 0.667 bits per heavy atom. The molecule has 0 saturated carbocycles. The number of methoxy groups -OCH3 is 1. The summed E-state index contributed by atoms with van der Waals surface area (Å²) in [6.07, 6.45) is 16.7. The smallest absolute Gasteiger partial charge is 0.181 e. The molecule has 42 heavy (non-hydrogen) atoms. The van der Waals surface area contributed by atoms with E-state index in [9.17, 15) is 0 Å². The minimum absolute atomic E-state index is 0.352. The summed E-state index contributed by atoms with van der Waals surface area (Å²) < 4.78 is 32.5. The topological polar surface area (TPSA) is 61.9 Å². The molecule has 0 bridgehead atoms. The van der Waals surface area contributed by atoms with Gasteiger partial charge < -0.3 is 38.2 Å². The highest BCUT2D eigenvalue weighted by atomic mass is 16.6. The van der Waals surface area contributed by atoms with Crippen LogP contribution in [0.5, 0.6) is 0 Å². The number of likely N-dealkylation sites (N-methyl/N-ethyl adjacent to an activating group) is 1. The predicted molar refractivity (Wildman–Crippen MR) is 173 cm³/mol. The molecule has 250 valence electrons. The van der Waals surface area contributed by atoms with E-state index in [2.05, 4.69) is 51.1 Å². The number of hydrogen-bond acceptors (Lipinski definition) is 8. The molecule has 4 heterocycles. The van der Waals surface area contributed by atoms with E-state index >= 15 is 0 Å². The van der Waals surface area contributed by atoms with Crippen LogP contribution in [0.25, 0.3) is 0 Å². The summed E-state index contributed by atoms with van der Waals surface area (Å²) >= 11 is 0. The molecule has 0 radical (unpaired) electrons. The molecular formula is C34H68N2O6. The van der Waals surface area contributed by atoms with Crippen LogP contribution in [0.4, 0.5) is 0 Å². The Labute approximate surface area is 259 Å². The fraction of sp³-hybridized carbons (Fsp3) is 0.941. The molecule has 4 fully saturated rings. The SMILES string of the molecule is C=C(OC)N1CCOC(CCC)C1.CCCC1CCCCCO1.CCCC1CN(C)CCO1.CCCC1COCCO1. The van der Waals surface area contributed by atoms with Crippen LogP contribution in [-0.4, -0.2) is 114 Å². The van der Waals surface area contributed by atoms with Crippen molar-refractivity contribution in [3.8, 4) is 0 Å². The van der Waals surface area contributed by atoms with E-state index < -0.39 is 0 Å². The maximum Gasteiger partial charge on any atom is 0.181 e. The van der Waals surface area contributed by atoms with Crippen molar-refractivity contribution >= 4 is 0 Å². The Balaban J connectivity index is 0.000000283. The summed E-state index contributed by atoms with van der Waals surface area (Å²) in [5, 5.41) is 0. The van der Waals surface area contributed by atoms with Gasteiger partial charge in [0, 0.05) is 32.8 Å². The second-order valence-corrected chi connectivity index (χ2v) is 11.9. The van der Waals surface area contributed by atoms with E-state index in [-0.39, 0.29) is 0 Å². The maximum absolute atomic E-state index is 5.64. The third-order valence-corrected chi connectivity index (χ3v) is 7.92. The van der Waals surface area contributed by atoms with Crippen molar-refractivity contribution < 1.29 is 28.4 Å². The van der Waals surface area contributed by atoms with Gasteiger partial charge in [-0.1, -0.05) is 66.2 Å². The van der Waals surface area contributed by atoms with Crippen LogP contribution < -0.4 is 0 Å². The second kappa shape index (κ2) is 26.5. The number of hydrogen-bond donors (Lipinski definition) is 0. The first kappa shape index (κ1) is 39.1. The van der Waals surface area contributed by atoms with E-state index in [4.69, 9.17) is 28.4 Å². The molecular weight excluding hydrogens is 532 g/mol. The van der Waals surface area contributed by atoms with Crippen LogP contribution in [0.2, 0.25) is 0 Å². The summed E-state index contributed by atoms with van der Waals surface area (Å²) in [5.74, 6) is 0.754. The molecule has 4 unspecified atom stereocenters. The summed E-state index contributed by atoms with van der Waals surface area (Å²) in [6.45, 7) is 21.7. The van der Waals surface area contributed by atoms with Crippen molar-refractivity contribution in [2.75, 3.05) is 80.0 Å². The molecule has 4 saturated heterocycles. The summed E-state index contributed by atoms with van der Waals surface area (Å²) in [7, 11) is 3.82. The second-order valence-electron chi connectivity index (χ2n) is 11.9. The quantitative estimate of drug-likeness (QED) is 0.258. The molecule has 0 aromatic heterocycles. The molecule has 0 aromatic rings. The van der Waals surface area contributed by atoms with Gasteiger partial charge in [0.1, 0.15) is 0 Å². The highest BCUT2D eigenvalue weighted by molar-refractivity contribution is 4.86. The number of nitrogens with zero attached hydrogens (tertiary/aromatic N) is 2. The first-order valence-corrected chi connectivity index (χ1v) is 17.2. The van der Waals surface area contributed by atoms with E-state index in [0.29, 0.717) is 24.4 Å².